The van der Waals surface area contributed by atoms with Gasteiger partial charge in [0.2, 0.25) is 0 Å². The van der Waals surface area contributed by atoms with E-state index in [1.54, 1.807) is 11.8 Å². The third kappa shape index (κ3) is 2.38. The van der Waals surface area contributed by atoms with Crippen LogP contribution in [0.5, 0.6) is 0 Å². The summed E-state index contributed by atoms with van der Waals surface area (Å²) in [6.45, 7) is 1.82. The first-order chi connectivity index (χ1) is 5.22. The number of H-pyrrole nitrogens is 1. The molecular weight excluding hydrogens is 160 g/mol. The lowest BCUT2D eigenvalue weighted by Gasteiger charge is -1.97. The molecule has 0 saturated heterocycles. The molecule has 0 aliphatic carbocycles. The highest BCUT2D eigenvalue weighted by molar-refractivity contribution is 7.97. The number of nitrogens with one attached hydrogen (secondary N) is 1. The number of aryl methyl sites for hydroxylation is 1. The molecule has 0 saturated carbocycles. The highest BCUT2D eigenvalue weighted by Gasteiger charge is 1.95. The molecule has 0 atom stereocenters. The van der Waals surface area contributed by atoms with Gasteiger partial charge >= 0.3 is 0 Å². The molecule has 11 heavy (non-hydrogen) atoms. The predicted octanol–water partition coefficient (Wildman–Crippen LogP) is 0.941. The maximum Gasteiger partial charge on any atom is 0.251 e. The van der Waals surface area contributed by atoms with Crippen LogP contribution in [0.15, 0.2) is 10.9 Å². The van der Waals surface area contributed by atoms with Crippen LogP contribution in [0.25, 0.3) is 0 Å². The van der Waals surface area contributed by atoms with Gasteiger partial charge in [0.25, 0.3) is 5.56 Å². The molecule has 1 aromatic rings. The summed E-state index contributed by atoms with van der Waals surface area (Å²) in [5, 5.41) is 0. The summed E-state index contributed by atoms with van der Waals surface area (Å²) in [5.74, 6) is 1.51. The first-order valence-corrected chi connectivity index (χ1v) is 4.67. The first kappa shape index (κ1) is 8.33. The zero-order valence-corrected chi connectivity index (χ0v) is 7.36. The van der Waals surface area contributed by atoms with Crippen molar-refractivity contribution in [1.29, 1.82) is 0 Å². The third-order valence-electron chi connectivity index (χ3n) is 1.20. The fraction of sp³-hybridized carbons (Fsp3) is 0.429. The lowest BCUT2D eigenvalue weighted by Crippen LogP contribution is -2.10. The van der Waals surface area contributed by atoms with Crippen LogP contribution < -0.4 is 5.56 Å². The average molecular weight is 170 g/mol. The Kier molecular flexibility index (Phi) is 2.70. The molecule has 60 valence electrons. The Morgan fingerprint density at radius 1 is 1.73 bits per heavy atom. The van der Waals surface area contributed by atoms with Gasteiger partial charge in [-0.1, -0.05) is 0 Å². The normalized spacial score (nSPS) is 10.0. The minimum Gasteiger partial charge on any atom is -0.310 e. The number of aromatic amines is 1. The van der Waals surface area contributed by atoms with Crippen LogP contribution in [0.4, 0.5) is 0 Å². The molecule has 0 aliphatic heterocycles. The molecule has 4 heteroatoms. The van der Waals surface area contributed by atoms with Crippen molar-refractivity contribution >= 4 is 11.8 Å². The number of thioether (sulfide) groups is 1. The Morgan fingerprint density at radius 2 is 2.45 bits per heavy atom. The second-order valence-electron chi connectivity index (χ2n) is 2.27. The Balaban J connectivity index is 2.99. The predicted molar refractivity (Wildman–Crippen MR) is 46.8 cm³/mol. The zero-order chi connectivity index (χ0) is 8.27. The summed E-state index contributed by atoms with van der Waals surface area (Å²) in [4.78, 5) is 17.7. The molecule has 0 spiro atoms. The molecule has 0 unspecified atom stereocenters. The summed E-state index contributed by atoms with van der Waals surface area (Å²) in [5.41, 5.74) is 0.708. The van der Waals surface area contributed by atoms with Crippen molar-refractivity contribution in [2.45, 2.75) is 12.7 Å². The number of hydrogen-bond acceptors (Lipinski definition) is 3. The summed E-state index contributed by atoms with van der Waals surface area (Å²) >= 11 is 1.64. The lowest BCUT2D eigenvalue weighted by atomic mass is 10.4. The largest absolute Gasteiger partial charge is 0.310 e. The smallest absolute Gasteiger partial charge is 0.251 e. The zero-order valence-electron chi connectivity index (χ0n) is 6.55. The van der Waals surface area contributed by atoms with Crippen molar-refractivity contribution in [2.24, 2.45) is 0 Å². The highest BCUT2D eigenvalue weighted by Crippen LogP contribution is 2.01. The van der Waals surface area contributed by atoms with Crippen molar-refractivity contribution in [3.05, 3.63) is 27.9 Å². The molecule has 0 aliphatic rings. The van der Waals surface area contributed by atoms with Crippen molar-refractivity contribution in [2.75, 3.05) is 6.26 Å². The summed E-state index contributed by atoms with van der Waals surface area (Å²) in [6.07, 6.45) is 1.97. The first-order valence-electron chi connectivity index (χ1n) is 3.28. The van der Waals surface area contributed by atoms with Crippen LogP contribution >= 0.6 is 11.8 Å². The maximum absolute atomic E-state index is 10.9. The molecule has 3 nitrogen and oxygen atoms in total. The molecule has 0 aromatic carbocycles. The van der Waals surface area contributed by atoms with Crippen LogP contribution in [-0.4, -0.2) is 16.2 Å². The van der Waals surface area contributed by atoms with Crippen LogP contribution in [0.1, 0.15) is 11.5 Å². The van der Waals surface area contributed by atoms with E-state index >= 15 is 0 Å². The summed E-state index contributed by atoms with van der Waals surface area (Å²) < 4.78 is 0. The Hall–Kier alpha value is -0.770. The van der Waals surface area contributed by atoms with E-state index in [1.807, 2.05) is 13.2 Å². The van der Waals surface area contributed by atoms with E-state index in [0.29, 0.717) is 0 Å². The number of hydrogen-bond donors (Lipinski definition) is 1. The monoisotopic (exact) mass is 170 g/mol. The van der Waals surface area contributed by atoms with E-state index in [0.717, 1.165) is 17.3 Å². The highest BCUT2D eigenvalue weighted by atomic mass is 32.2. The maximum atomic E-state index is 10.9. The summed E-state index contributed by atoms with van der Waals surface area (Å²) in [7, 11) is 0. The van der Waals surface area contributed by atoms with Crippen LogP contribution in [-0.2, 0) is 5.75 Å². The van der Waals surface area contributed by atoms with E-state index < -0.39 is 0 Å². The summed E-state index contributed by atoms with van der Waals surface area (Å²) in [6, 6.07) is 1.49. The van der Waals surface area contributed by atoms with Crippen LogP contribution in [0.3, 0.4) is 0 Å². The van der Waals surface area contributed by atoms with Crippen molar-refractivity contribution in [3.63, 3.8) is 0 Å². The van der Waals surface area contributed by atoms with E-state index in [1.165, 1.54) is 6.07 Å². The topological polar surface area (TPSA) is 45.8 Å². The SMILES string of the molecule is CSCc1nc(C)cc(=O)[nH]1. The van der Waals surface area contributed by atoms with Gasteiger partial charge in [0.05, 0.1) is 5.75 Å². The van der Waals surface area contributed by atoms with Gasteiger partial charge in [-0.2, -0.15) is 11.8 Å². The third-order valence-corrected chi connectivity index (χ3v) is 1.76. The molecule has 1 N–H and O–H groups in total. The van der Waals surface area contributed by atoms with E-state index in [4.69, 9.17) is 0 Å². The van der Waals surface area contributed by atoms with Gasteiger partial charge in [0, 0.05) is 11.8 Å². The van der Waals surface area contributed by atoms with E-state index in [9.17, 15) is 4.79 Å². The molecule has 1 rings (SSSR count). The molecule has 0 radical (unpaired) electrons. The standard InChI is InChI=1S/C7H10N2OS/c1-5-3-7(10)9-6(8-5)4-11-2/h3H,4H2,1-2H3,(H,8,9,10). The van der Waals surface area contributed by atoms with E-state index in [2.05, 4.69) is 9.97 Å². The Morgan fingerprint density at radius 3 is 3.00 bits per heavy atom. The fourth-order valence-electron chi connectivity index (χ4n) is 0.846. The van der Waals surface area contributed by atoms with Crippen molar-refractivity contribution < 1.29 is 0 Å². The minimum atomic E-state index is -0.0680. The van der Waals surface area contributed by atoms with Crippen LogP contribution in [0, 0.1) is 6.92 Å². The molecule has 0 amide bonds. The number of rotatable bonds is 2. The van der Waals surface area contributed by atoms with Gasteiger partial charge < -0.3 is 4.98 Å². The van der Waals surface area contributed by atoms with Crippen molar-refractivity contribution in [1.82, 2.24) is 9.97 Å². The van der Waals surface area contributed by atoms with Gasteiger partial charge in [0.1, 0.15) is 5.82 Å². The molecule has 1 aromatic heterocycles. The van der Waals surface area contributed by atoms with Crippen LogP contribution in [0.2, 0.25) is 0 Å². The van der Waals surface area contributed by atoms with Gasteiger partial charge in [-0.3, -0.25) is 4.79 Å². The van der Waals surface area contributed by atoms with Crippen molar-refractivity contribution in [3.8, 4) is 0 Å². The molecule has 0 fully saturated rings. The van der Waals surface area contributed by atoms with Gasteiger partial charge in [-0.25, -0.2) is 4.98 Å². The second kappa shape index (κ2) is 3.57. The van der Waals surface area contributed by atoms with Gasteiger partial charge in [-0.05, 0) is 13.2 Å². The Bertz CT molecular complexity index is 295. The number of nitrogens with zero attached hydrogens (tertiary/aromatic N) is 1. The average Bonchev–Trinajstić information content (AvgIpc) is 1.85. The van der Waals surface area contributed by atoms with Gasteiger partial charge in [0.15, 0.2) is 0 Å². The number of aromatic nitrogens is 2. The van der Waals surface area contributed by atoms with Gasteiger partial charge in [-0.15, -0.1) is 0 Å². The minimum absolute atomic E-state index is 0.0680. The quantitative estimate of drug-likeness (QED) is 0.718. The van der Waals surface area contributed by atoms with E-state index in [-0.39, 0.29) is 5.56 Å². The molecular formula is C7H10N2OS. The molecule has 0 bridgehead atoms. The lowest BCUT2D eigenvalue weighted by molar-refractivity contribution is 0.969. The Labute approximate surface area is 69.3 Å². The second-order valence-corrected chi connectivity index (χ2v) is 3.13. The molecule has 1 heterocycles. The fourth-order valence-corrected chi connectivity index (χ4v) is 1.26.